The van der Waals surface area contributed by atoms with E-state index < -0.39 is 5.92 Å². The van der Waals surface area contributed by atoms with Gasteiger partial charge in [0.25, 0.3) is 0 Å². The molecule has 0 saturated heterocycles. The summed E-state index contributed by atoms with van der Waals surface area (Å²) in [4.78, 5) is 25.9. The summed E-state index contributed by atoms with van der Waals surface area (Å²) < 4.78 is 11.2. The van der Waals surface area contributed by atoms with Crippen LogP contribution in [-0.2, 0) is 36.3 Å². The molecule has 5 heteroatoms. The van der Waals surface area contributed by atoms with Crippen LogP contribution in [0, 0.1) is 17.8 Å². The van der Waals surface area contributed by atoms with Crippen LogP contribution in [0.15, 0.2) is 12.1 Å². The number of rotatable bonds is 18. The molecule has 1 N–H and O–H groups in total. The molecule has 0 fully saturated rings. The highest BCUT2D eigenvalue weighted by molar-refractivity contribution is 5.75. The Kier molecular flexibility index (Phi) is 16.1. The molecule has 1 unspecified atom stereocenters. The van der Waals surface area contributed by atoms with Crippen LogP contribution >= 0.6 is 0 Å². The van der Waals surface area contributed by atoms with Gasteiger partial charge in [-0.3, -0.25) is 9.59 Å². The number of esters is 2. The van der Waals surface area contributed by atoms with Crippen molar-refractivity contribution in [3.8, 4) is 5.75 Å². The van der Waals surface area contributed by atoms with Crippen LogP contribution in [-0.4, -0.2) is 30.3 Å². The van der Waals surface area contributed by atoms with Crippen molar-refractivity contribution >= 4 is 11.9 Å². The van der Waals surface area contributed by atoms with E-state index in [1.165, 1.54) is 12.8 Å². The van der Waals surface area contributed by atoms with E-state index in [0.717, 1.165) is 55.2 Å². The minimum Gasteiger partial charge on any atom is -0.507 e. The molecule has 1 aromatic rings. The first-order chi connectivity index (χ1) is 19.0. The average molecular weight is 575 g/mol. The number of hydrogen-bond acceptors (Lipinski definition) is 5. The molecule has 0 aromatic heterocycles. The maximum Gasteiger partial charge on any atom is 0.309 e. The Bertz CT molecular complexity index is 882. The molecule has 41 heavy (non-hydrogen) atoms. The van der Waals surface area contributed by atoms with Crippen molar-refractivity contribution < 1.29 is 24.2 Å². The van der Waals surface area contributed by atoms with Gasteiger partial charge in [0.1, 0.15) is 5.75 Å². The molecule has 0 saturated carbocycles. The number of benzene rings is 1. The van der Waals surface area contributed by atoms with Gasteiger partial charge < -0.3 is 14.6 Å². The van der Waals surface area contributed by atoms with E-state index in [1.807, 2.05) is 12.1 Å². The van der Waals surface area contributed by atoms with E-state index in [-0.39, 0.29) is 29.2 Å². The quantitative estimate of drug-likeness (QED) is 0.140. The van der Waals surface area contributed by atoms with Gasteiger partial charge in [0, 0.05) is 6.42 Å². The summed E-state index contributed by atoms with van der Waals surface area (Å²) in [6.07, 6.45) is 9.54. The molecule has 0 spiro atoms. The maximum atomic E-state index is 13.3. The summed E-state index contributed by atoms with van der Waals surface area (Å²) in [5.41, 5.74) is 2.20. The van der Waals surface area contributed by atoms with E-state index in [2.05, 4.69) is 69.2 Å². The van der Waals surface area contributed by atoms with Crippen LogP contribution in [0.4, 0.5) is 0 Å². The van der Waals surface area contributed by atoms with Crippen LogP contribution in [0.3, 0.4) is 0 Å². The first-order valence-electron chi connectivity index (χ1n) is 16.2. The van der Waals surface area contributed by atoms with Crippen molar-refractivity contribution in [2.24, 2.45) is 17.8 Å². The smallest absolute Gasteiger partial charge is 0.309 e. The molecule has 0 aliphatic heterocycles. The third-order valence-electron chi connectivity index (χ3n) is 7.66. The van der Waals surface area contributed by atoms with Gasteiger partial charge in [0.2, 0.25) is 0 Å². The average Bonchev–Trinajstić information content (AvgIpc) is 2.84. The van der Waals surface area contributed by atoms with Gasteiger partial charge in [-0.05, 0) is 65.0 Å². The Labute approximate surface area is 252 Å². The van der Waals surface area contributed by atoms with E-state index in [9.17, 15) is 14.7 Å². The topological polar surface area (TPSA) is 72.8 Å². The molecule has 5 nitrogen and oxygen atoms in total. The highest BCUT2D eigenvalue weighted by Crippen LogP contribution is 2.40. The number of hydrogen-bond donors (Lipinski definition) is 1. The molecule has 236 valence electrons. The number of unbranched alkanes of at least 4 members (excludes halogenated alkanes) is 4. The summed E-state index contributed by atoms with van der Waals surface area (Å²) in [5.74, 6) is 0.750. The van der Waals surface area contributed by atoms with E-state index in [0.29, 0.717) is 43.6 Å². The number of carbonyl (C=O) groups excluding carboxylic acids is 2. The van der Waals surface area contributed by atoms with Crippen molar-refractivity contribution in [1.29, 1.82) is 0 Å². The standard InChI is InChI=1S/C36H62O5/c1-26(2)17-13-11-15-21-40-32(37)20-19-29(34(39)41-22-16-12-14-18-27(3)4)23-28-24-30(35(5,6)7)33(38)31(25-28)36(8,9)10/h24-27,29,38H,11-23H2,1-10H3. The lowest BCUT2D eigenvalue weighted by Gasteiger charge is -2.29. The zero-order chi connectivity index (χ0) is 31.2. The SMILES string of the molecule is CC(C)CCCCCOC(=O)CCC(Cc1cc(C(C)(C)C)c(O)c(C(C)(C)C)c1)C(=O)OCCCCCC(C)C. The van der Waals surface area contributed by atoms with Crippen molar-refractivity contribution in [3.05, 3.63) is 28.8 Å². The monoisotopic (exact) mass is 574 g/mol. The molecule has 0 bridgehead atoms. The van der Waals surface area contributed by atoms with E-state index >= 15 is 0 Å². The Morgan fingerprint density at radius 3 is 1.61 bits per heavy atom. The summed E-state index contributed by atoms with van der Waals surface area (Å²) in [7, 11) is 0. The predicted octanol–water partition coefficient (Wildman–Crippen LogP) is 9.45. The van der Waals surface area contributed by atoms with Crippen LogP contribution in [0.2, 0.25) is 0 Å². The number of ether oxygens (including phenoxy) is 2. The first-order valence-corrected chi connectivity index (χ1v) is 16.2. The molecule has 0 aliphatic rings. The van der Waals surface area contributed by atoms with Crippen molar-refractivity contribution in [1.82, 2.24) is 0 Å². The summed E-state index contributed by atoms with van der Waals surface area (Å²) >= 11 is 0. The second kappa shape index (κ2) is 17.8. The van der Waals surface area contributed by atoms with Gasteiger partial charge >= 0.3 is 11.9 Å². The zero-order valence-corrected chi connectivity index (χ0v) is 28.2. The van der Waals surface area contributed by atoms with Gasteiger partial charge in [-0.25, -0.2) is 0 Å². The highest BCUT2D eigenvalue weighted by Gasteiger charge is 2.29. The van der Waals surface area contributed by atoms with E-state index in [1.54, 1.807) is 0 Å². The molecule has 1 aromatic carbocycles. The Morgan fingerprint density at radius 2 is 1.17 bits per heavy atom. The molecule has 0 aliphatic carbocycles. The predicted molar refractivity (Wildman–Crippen MR) is 170 cm³/mol. The van der Waals surface area contributed by atoms with Crippen molar-refractivity contribution in [2.75, 3.05) is 13.2 Å². The molecular weight excluding hydrogens is 512 g/mol. The lowest BCUT2D eigenvalue weighted by atomic mass is 9.77. The van der Waals surface area contributed by atoms with Gasteiger partial charge in [-0.15, -0.1) is 0 Å². The molecule has 1 rings (SSSR count). The number of phenolic OH excluding ortho intramolecular Hbond substituents is 1. The van der Waals surface area contributed by atoms with Gasteiger partial charge in [-0.2, -0.15) is 0 Å². The minimum atomic E-state index is -0.450. The van der Waals surface area contributed by atoms with Gasteiger partial charge in [0.15, 0.2) is 0 Å². The van der Waals surface area contributed by atoms with Gasteiger partial charge in [-0.1, -0.05) is 120 Å². The summed E-state index contributed by atoms with van der Waals surface area (Å²) in [5, 5.41) is 11.1. The highest BCUT2D eigenvalue weighted by atomic mass is 16.5. The zero-order valence-electron chi connectivity index (χ0n) is 28.2. The molecular formula is C36H62O5. The number of aromatic hydroxyl groups is 1. The molecule has 1 atom stereocenters. The molecule has 0 amide bonds. The molecule has 0 radical (unpaired) electrons. The minimum absolute atomic E-state index is 0.191. The Morgan fingerprint density at radius 1 is 0.707 bits per heavy atom. The van der Waals surface area contributed by atoms with Crippen molar-refractivity contribution in [3.63, 3.8) is 0 Å². The fourth-order valence-electron chi connectivity index (χ4n) is 5.05. The third-order valence-corrected chi connectivity index (χ3v) is 7.66. The second-order valence-electron chi connectivity index (χ2n) is 14.9. The lowest BCUT2D eigenvalue weighted by molar-refractivity contribution is -0.150. The van der Waals surface area contributed by atoms with E-state index in [4.69, 9.17) is 9.47 Å². The van der Waals surface area contributed by atoms with Gasteiger partial charge in [0.05, 0.1) is 19.1 Å². The number of carbonyl (C=O) groups is 2. The fraction of sp³-hybridized carbons (Fsp3) is 0.778. The first kappa shape index (κ1) is 37.0. The Balaban J connectivity index is 2.96. The van der Waals surface area contributed by atoms with Crippen LogP contribution in [0.1, 0.15) is 150 Å². The van der Waals surface area contributed by atoms with Crippen LogP contribution in [0.5, 0.6) is 5.75 Å². The van der Waals surface area contributed by atoms with Crippen LogP contribution < -0.4 is 0 Å². The molecule has 0 heterocycles. The Hall–Kier alpha value is -2.04. The fourth-order valence-corrected chi connectivity index (χ4v) is 5.05. The lowest BCUT2D eigenvalue weighted by Crippen LogP contribution is -2.23. The number of phenols is 1. The third kappa shape index (κ3) is 15.1. The summed E-state index contributed by atoms with van der Waals surface area (Å²) in [6, 6.07) is 4.04. The normalized spacial score (nSPS) is 13.1. The largest absolute Gasteiger partial charge is 0.507 e. The van der Waals surface area contributed by atoms with Crippen LogP contribution in [0.25, 0.3) is 0 Å². The second-order valence-corrected chi connectivity index (χ2v) is 14.9. The maximum absolute atomic E-state index is 13.3. The van der Waals surface area contributed by atoms with Crippen molar-refractivity contribution in [2.45, 2.75) is 151 Å². The summed E-state index contributed by atoms with van der Waals surface area (Å²) in [6.45, 7) is 22.2.